The summed E-state index contributed by atoms with van der Waals surface area (Å²) in [6, 6.07) is 13.8. The fraction of sp³-hybridized carbons (Fsp3) is 0.355. The number of aryl methyl sites for hydroxylation is 1. The Morgan fingerprint density at radius 1 is 1.02 bits per heavy atom. The highest BCUT2D eigenvalue weighted by Gasteiger charge is 2.29. The lowest BCUT2D eigenvalue weighted by Gasteiger charge is -2.35. The van der Waals surface area contributed by atoms with Crippen LogP contribution in [0.5, 0.6) is 5.75 Å². The molecule has 1 amide bonds. The van der Waals surface area contributed by atoms with Crippen LogP contribution in [0.15, 0.2) is 60.9 Å². The lowest BCUT2D eigenvalue weighted by atomic mass is 9.81. The van der Waals surface area contributed by atoms with Crippen LogP contribution in [0.3, 0.4) is 0 Å². The Hall–Kier alpha value is -4.60. The fourth-order valence-corrected chi connectivity index (χ4v) is 5.21. The van der Waals surface area contributed by atoms with Crippen molar-refractivity contribution in [3.05, 3.63) is 77.9 Å². The SMILES string of the molecule is Cc1nc2cnccc2n1CC1CCN(C(=O)CC(C)(C)c2ccc(N)cc2)CC1.Nc1ccc(O)c(C(=O)O)c1. The van der Waals surface area contributed by atoms with Crippen LogP contribution >= 0.6 is 0 Å². The molecule has 10 nitrogen and oxygen atoms in total. The lowest BCUT2D eigenvalue weighted by molar-refractivity contribution is -0.133. The van der Waals surface area contributed by atoms with Crippen molar-refractivity contribution in [1.29, 1.82) is 0 Å². The average molecular weight is 559 g/mol. The van der Waals surface area contributed by atoms with E-state index in [2.05, 4.69) is 35.3 Å². The third-order valence-corrected chi connectivity index (χ3v) is 7.69. The summed E-state index contributed by atoms with van der Waals surface area (Å²) in [5.41, 5.74) is 15.0. The Labute approximate surface area is 239 Å². The minimum atomic E-state index is -1.19. The van der Waals surface area contributed by atoms with E-state index in [4.69, 9.17) is 21.7 Å². The van der Waals surface area contributed by atoms with E-state index in [1.54, 1.807) is 0 Å². The molecule has 2 aromatic carbocycles. The first-order chi connectivity index (χ1) is 19.4. The van der Waals surface area contributed by atoms with Crippen LogP contribution in [0.1, 0.15) is 54.9 Å². The number of nitrogens with zero attached hydrogens (tertiary/aromatic N) is 4. The van der Waals surface area contributed by atoms with Crippen LogP contribution in [0.4, 0.5) is 11.4 Å². The lowest BCUT2D eigenvalue weighted by Crippen LogP contribution is -2.41. The normalized spacial score (nSPS) is 14.0. The van der Waals surface area contributed by atoms with Crippen molar-refractivity contribution in [1.82, 2.24) is 19.4 Å². The predicted molar refractivity (Wildman–Crippen MR) is 160 cm³/mol. The van der Waals surface area contributed by atoms with E-state index in [0.717, 1.165) is 60.6 Å². The van der Waals surface area contributed by atoms with Gasteiger partial charge < -0.3 is 31.1 Å². The van der Waals surface area contributed by atoms with Crippen molar-refractivity contribution in [2.45, 2.75) is 52.0 Å². The van der Waals surface area contributed by atoms with Gasteiger partial charge in [0.25, 0.3) is 0 Å². The minimum absolute atomic E-state index is 0.176. The number of carboxylic acids is 1. The molecule has 0 bridgehead atoms. The van der Waals surface area contributed by atoms with Gasteiger partial charge in [-0.15, -0.1) is 0 Å². The molecule has 0 unspecified atom stereocenters. The van der Waals surface area contributed by atoms with Crippen molar-refractivity contribution >= 4 is 34.3 Å². The molecule has 0 radical (unpaired) electrons. The second-order valence-electron chi connectivity index (χ2n) is 11.2. The molecule has 0 spiro atoms. The van der Waals surface area contributed by atoms with E-state index in [1.807, 2.05) is 47.6 Å². The Kier molecular flexibility index (Phi) is 8.80. The Morgan fingerprint density at radius 3 is 2.32 bits per heavy atom. The number of phenols is 1. The monoisotopic (exact) mass is 558 g/mol. The molecule has 1 aliphatic rings. The average Bonchev–Trinajstić information content (AvgIpc) is 3.25. The van der Waals surface area contributed by atoms with Crippen LogP contribution in [0, 0.1) is 12.8 Å². The summed E-state index contributed by atoms with van der Waals surface area (Å²) in [6.45, 7) is 8.92. The number of anilines is 2. The van der Waals surface area contributed by atoms with Gasteiger partial charge in [0.2, 0.25) is 5.91 Å². The standard InChI is InChI=1S/C24H31N5O.C7H7NO3/c1-17-27-21-15-26-11-8-22(21)29(17)16-18-9-12-28(13-10-18)23(30)14-24(2,3)19-4-6-20(25)7-5-19;8-4-1-2-6(9)5(3-4)7(10)11/h4-8,11,15,18H,9-10,12-14,16,25H2,1-3H3;1-3,9H,8H2,(H,10,11). The van der Waals surface area contributed by atoms with E-state index in [1.165, 1.54) is 18.2 Å². The maximum atomic E-state index is 13.0. The Morgan fingerprint density at radius 2 is 1.68 bits per heavy atom. The molecule has 1 saturated heterocycles. The zero-order valence-electron chi connectivity index (χ0n) is 23.7. The number of fused-ring (bicyclic) bond motifs is 1. The van der Waals surface area contributed by atoms with Gasteiger partial charge in [-0.05, 0) is 73.1 Å². The van der Waals surface area contributed by atoms with Crippen molar-refractivity contribution in [2.75, 3.05) is 24.6 Å². The van der Waals surface area contributed by atoms with Crippen LogP contribution in [0.25, 0.3) is 11.0 Å². The van der Waals surface area contributed by atoms with Crippen molar-refractivity contribution in [3.63, 3.8) is 0 Å². The summed E-state index contributed by atoms with van der Waals surface area (Å²) in [5, 5.41) is 17.4. The molecule has 10 heteroatoms. The smallest absolute Gasteiger partial charge is 0.339 e. The zero-order chi connectivity index (χ0) is 29.7. The molecule has 3 heterocycles. The summed E-state index contributed by atoms with van der Waals surface area (Å²) >= 11 is 0. The molecule has 1 aliphatic heterocycles. The predicted octanol–water partition coefficient (Wildman–Crippen LogP) is 4.60. The quantitative estimate of drug-likeness (QED) is 0.197. The van der Waals surface area contributed by atoms with Crippen LogP contribution in [0.2, 0.25) is 0 Å². The molecule has 216 valence electrons. The van der Waals surface area contributed by atoms with Gasteiger partial charge >= 0.3 is 5.97 Å². The molecular weight excluding hydrogens is 520 g/mol. The second-order valence-corrected chi connectivity index (χ2v) is 11.2. The van der Waals surface area contributed by atoms with E-state index in [0.29, 0.717) is 18.0 Å². The number of rotatable bonds is 6. The summed E-state index contributed by atoms with van der Waals surface area (Å²) in [6.07, 6.45) is 6.21. The summed E-state index contributed by atoms with van der Waals surface area (Å²) in [4.78, 5) is 34.2. The number of carbonyl (C=O) groups excluding carboxylic acids is 1. The number of carbonyl (C=O) groups is 2. The highest BCUT2D eigenvalue weighted by Crippen LogP contribution is 2.30. The first-order valence-electron chi connectivity index (χ1n) is 13.7. The third-order valence-electron chi connectivity index (χ3n) is 7.69. The number of nitrogens with two attached hydrogens (primary N) is 2. The molecular formula is C31H38N6O4. The third kappa shape index (κ3) is 7.13. The molecule has 4 aromatic rings. The van der Waals surface area contributed by atoms with Gasteiger partial charge in [0.1, 0.15) is 22.7 Å². The van der Waals surface area contributed by atoms with E-state index in [-0.39, 0.29) is 22.6 Å². The van der Waals surface area contributed by atoms with Crippen molar-refractivity contribution < 1.29 is 19.8 Å². The Bertz CT molecular complexity index is 1520. The first-order valence-corrected chi connectivity index (χ1v) is 13.7. The molecule has 1 fully saturated rings. The van der Waals surface area contributed by atoms with Gasteiger partial charge in [0.05, 0.1) is 11.7 Å². The number of pyridine rings is 1. The number of hydrogen-bond acceptors (Lipinski definition) is 7. The number of hydrogen-bond donors (Lipinski definition) is 4. The summed E-state index contributed by atoms with van der Waals surface area (Å²) < 4.78 is 2.30. The van der Waals surface area contributed by atoms with Crippen LogP contribution < -0.4 is 11.5 Å². The number of aromatic nitrogens is 3. The maximum Gasteiger partial charge on any atom is 0.339 e. The van der Waals surface area contributed by atoms with Gasteiger partial charge in [-0.1, -0.05) is 26.0 Å². The first kappa shape index (κ1) is 29.4. The van der Waals surface area contributed by atoms with E-state index >= 15 is 0 Å². The molecule has 0 atom stereocenters. The number of imidazole rings is 1. The molecule has 6 N–H and O–H groups in total. The molecule has 41 heavy (non-hydrogen) atoms. The molecule has 0 saturated carbocycles. The maximum absolute atomic E-state index is 13.0. The van der Waals surface area contributed by atoms with E-state index < -0.39 is 5.97 Å². The topological polar surface area (TPSA) is 161 Å². The van der Waals surface area contributed by atoms with Crippen LogP contribution in [-0.2, 0) is 16.8 Å². The van der Waals surface area contributed by atoms with Gasteiger partial charge in [0, 0.05) is 43.6 Å². The number of benzene rings is 2. The van der Waals surface area contributed by atoms with Crippen molar-refractivity contribution in [3.8, 4) is 5.75 Å². The highest BCUT2D eigenvalue weighted by atomic mass is 16.4. The number of likely N-dealkylation sites (tertiary alicyclic amines) is 1. The number of aromatic carboxylic acids is 1. The van der Waals surface area contributed by atoms with Gasteiger partial charge in [-0.2, -0.15) is 0 Å². The number of nitrogen functional groups attached to an aromatic ring is 2. The number of amides is 1. The zero-order valence-corrected chi connectivity index (χ0v) is 23.7. The van der Waals surface area contributed by atoms with E-state index in [9.17, 15) is 9.59 Å². The molecule has 5 rings (SSSR count). The largest absolute Gasteiger partial charge is 0.507 e. The van der Waals surface area contributed by atoms with Crippen molar-refractivity contribution in [2.24, 2.45) is 5.92 Å². The van der Waals surface area contributed by atoms with Crippen LogP contribution in [-0.4, -0.2) is 54.6 Å². The summed E-state index contributed by atoms with van der Waals surface area (Å²) in [5.74, 6) is 0.372. The fourth-order valence-electron chi connectivity index (χ4n) is 5.21. The number of carboxylic acid groups (broad SMARTS) is 1. The Balaban J connectivity index is 0.000000296. The highest BCUT2D eigenvalue weighted by molar-refractivity contribution is 5.91. The molecule has 2 aromatic heterocycles. The number of piperidine rings is 1. The second kappa shape index (κ2) is 12.3. The number of aromatic hydroxyl groups is 1. The molecule has 0 aliphatic carbocycles. The minimum Gasteiger partial charge on any atom is -0.507 e. The summed E-state index contributed by atoms with van der Waals surface area (Å²) in [7, 11) is 0. The van der Waals surface area contributed by atoms with Gasteiger partial charge in [-0.3, -0.25) is 9.78 Å². The van der Waals surface area contributed by atoms with Gasteiger partial charge in [0.15, 0.2) is 0 Å². The van der Waals surface area contributed by atoms with Gasteiger partial charge in [-0.25, -0.2) is 9.78 Å².